The van der Waals surface area contributed by atoms with Crippen molar-refractivity contribution >= 4 is 23.8 Å². The standard InChI is InChI=1S/C14H17NO7/c1-7(16)22-6-8-3-4-10-12(14(20)21-2)9(13(18)19)5-11(17)15(8)10/h8-9H,3-6H2,1-2H3,(H,18,19)/t8-,9+/m0/s1. The largest absolute Gasteiger partial charge is 0.481 e. The van der Waals surface area contributed by atoms with E-state index in [4.69, 9.17) is 4.74 Å². The third kappa shape index (κ3) is 2.81. The fraction of sp³-hybridized carbons (Fsp3) is 0.571. The maximum absolute atomic E-state index is 12.2. The molecule has 0 aliphatic carbocycles. The molecule has 1 saturated heterocycles. The number of rotatable bonds is 4. The maximum atomic E-state index is 12.2. The van der Waals surface area contributed by atoms with Crippen molar-refractivity contribution in [3.8, 4) is 0 Å². The van der Waals surface area contributed by atoms with E-state index in [0.29, 0.717) is 18.5 Å². The van der Waals surface area contributed by atoms with E-state index in [1.54, 1.807) is 0 Å². The van der Waals surface area contributed by atoms with Crippen LogP contribution in [-0.4, -0.2) is 53.6 Å². The molecule has 8 nitrogen and oxygen atoms in total. The summed E-state index contributed by atoms with van der Waals surface area (Å²) in [4.78, 5) is 47.8. The van der Waals surface area contributed by atoms with E-state index in [9.17, 15) is 24.3 Å². The molecule has 0 spiro atoms. The van der Waals surface area contributed by atoms with Gasteiger partial charge in [-0.3, -0.25) is 14.4 Å². The van der Waals surface area contributed by atoms with Crippen LogP contribution in [0.3, 0.4) is 0 Å². The van der Waals surface area contributed by atoms with E-state index >= 15 is 0 Å². The van der Waals surface area contributed by atoms with Gasteiger partial charge in [-0.1, -0.05) is 0 Å². The SMILES string of the molecule is COC(=O)C1=C2CC[C@@H](COC(C)=O)N2C(=O)C[C@H]1C(=O)O. The summed E-state index contributed by atoms with van der Waals surface area (Å²) >= 11 is 0. The van der Waals surface area contributed by atoms with Crippen LogP contribution in [-0.2, 0) is 28.7 Å². The topological polar surface area (TPSA) is 110 Å². The molecule has 22 heavy (non-hydrogen) atoms. The molecule has 1 fully saturated rings. The van der Waals surface area contributed by atoms with Gasteiger partial charge in [-0.05, 0) is 12.8 Å². The highest BCUT2D eigenvalue weighted by molar-refractivity contribution is 6.00. The lowest BCUT2D eigenvalue weighted by atomic mass is 9.89. The van der Waals surface area contributed by atoms with Crippen LogP contribution in [0.4, 0.5) is 0 Å². The Hall–Kier alpha value is -2.38. The third-order valence-electron chi connectivity index (χ3n) is 3.86. The quantitative estimate of drug-likeness (QED) is 0.731. The van der Waals surface area contributed by atoms with Crippen molar-refractivity contribution in [2.24, 2.45) is 5.92 Å². The summed E-state index contributed by atoms with van der Waals surface area (Å²) in [5, 5.41) is 9.25. The van der Waals surface area contributed by atoms with Gasteiger partial charge in [0.05, 0.1) is 24.6 Å². The molecule has 2 atom stereocenters. The lowest BCUT2D eigenvalue weighted by Gasteiger charge is -2.33. The minimum absolute atomic E-state index is 0.0138. The zero-order valence-corrected chi connectivity index (χ0v) is 12.3. The molecule has 2 heterocycles. The predicted octanol–water partition coefficient (Wildman–Crippen LogP) is 0.0721. The summed E-state index contributed by atoms with van der Waals surface area (Å²) in [7, 11) is 1.17. The summed E-state index contributed by atoms with van der Waals surface area (Å²) < 4.78 is 9.60. The second-order valence-electron chi connectivity index (χ2n) is 5.21. The smallest absolute Gasteiger partial charge is 0.336 e. The number of hydrogen-bond acceptors (Lipinski definition) is 6. The second kappa shape index (κ2) is 6.17. The summed E-state index contributed by atoms with van der Waals surface area (Å²) in [5.74, 6) is -4.01. The summed E-state index contributed by atoms with van der Waals surface area (Å²) in [6.07, 6.45) is 0.562. The van der Waals surface area contributed by atoms with E-state index in [0.717, 1.165) is 0 Å². The van der Waals surface area contributed by atoms with Gasteiger partial charge >= 0.3 is 17.9 Å². The Kier molecular flexibility index (Phi) is 4.48. The number of carbonyl (C=O) groups is 4. The minimum atomic E-state index is -1.23. The normalized spacial score (nSPS) is 24.1. The van der Waals surface area contributed by atoms with Gasteiger partial charge in [0, 0.05) is 19.0 Å². The zero-order valence-electron chi connectivity index (χ0n) is 12.3. The first-order valence-corrected chi connectivity index (χ1v) is 6.86. The van der Waals surface area contributed by atoms with Crippen molar-refractivity contribution in [1.29, 1.82) is 0 Å². The third-order valence-corrected chi connectivity index (χ3v) is 3.86. The van der Waals surface area contributed by atoms with Gasteiger partial charge in [0.2, 0.25) is 5.91 Å². The van der Waals surface area contributed by atoms with Gasteiger partial charge in [0.1, 0.15) is 6.61 Å². The molecule has 8 heteroatoms. The van der Waals surface area contributed by atoms with Crippen molar-refractivity contribution in [2.45, 2.75) is 32.2 Å². The van der Waals surface area contributed by atoms with Crippen molar-refractivity contribution in [2.75, 3.05) is 13.7 Å². The molecule has 0 saturated carbocycles. The molecule has 0 unspecified atom stereocenters. The number of carboxylic acids is 1. The first-order chi connectivity index (χ1) is 10.4. The molecule has 0 bridgehead atoms. The van der Waals surface area contributed by atoms with Gasteiger partial charge in [-0.25, -0.2) is 4.79 Å². The number of amides is 1. The minimum Gasteiger partial charge on any atom is -0.481 e. The Morgan fingerprint density at radius 1 is 1.36 bits per heavy atom. The Bertz CT molecular complexity index is 566. The molecular formula is C14H17NO7. The molecular weight excluding hydrogens is 294 g/mol. The highest BCUT2D eigenvalue weighted by atomic mass is 16.5. The van der Waals surface area contributed by atoms with Crippen LogP contribution in [0.1, 0.15) is 26.2 Å². The van der Waals surface area contributed by atoms with Crippen LogP contribution in [0.5, 0.6) is 0 Å². The van der Waals surface area contributed by atoms with Crippen LogP contribution in [0.15, 0.2) is 11.3 Å². The number of esters is 2. The summed E-state index contributed by atoms with van der Waals surface area (Å²) in [5.41, 5.74) is 0.382. The highest BCUT2D eigenvalue weighted by Crippen LogP contribution is 2.39. The van der Waals surface area contributed by atoms with Gasteiger partial charge < -0.3 is 19.5 Å². The number of hydrogen-bond donors (Lipinski definition) is 1. The number of carbonyl (C=O) groups excluding carboxylic acids is 3. The monoisotopic (exact) mass is 311 g/mol. The average molecular weight is 311 g/mol. The summed E-state index contributed by atoms with van der Waals surface area (Å²) in [6, 6.07) is -0.374. The number of nitrogens with zero attached hydrogens (tertiary/aromatic N) is 1. The van der Waals surface area contributed by atoms with Gasteiger partial charge in [0.25, 0.3) is 0 Å². The molecule has 1 N–H and O–H groups in total. The Labute approximate surface area is 126 Å². The molecule has 2 aliphatic heterocycles. The Morgan fingerprint density at radius 3 is 2.59 bits per heavy atom. The first-order valence-electron chi connectivity index (χ1n) is 6.86. The van der Waals surface area contributed by atoms with E-state index in [-0.39, 0.29) is 30.5 Å². The Morgan fingerprint density at radius 2 is 2.05 bits per heavy atom. The molecule has 1 amide bonds. The summed E-state index contributed by atoms with van der Waals surface area (Å²) in [6.45, 7) is 1.29. The number of allylic oxidation sites excluding steroid dienone is 1. The van der Waals surface area contributed by atoms with Crippen LogP contribution in [0, 0.1) is 5.92 Å². The second-order valence-corrected chi connectivity index (χ2v) is 5.21. The molecule has 0 aromatic rings. The van der Waals surface area contributed by atoms with Crippen LogP contribution in [0.25, 0.3) is 0 Å². The van der Waals surface area contributed by atoms with Gasteiger partial charge in [-0.2, -0.15) is 0 Å². The highest BCUT2D eigenvalue weighted by Gasteiger charge is 2.46. The lowest BCUT2D eigenvalue weighted by molar-refractivity contribution is -0.150. The Balaban J connectivity index is 2.37. The van der Waals surface area contributed by atoms with Crippen molar-refractivity contribution in [3.63, 3.8) is 0 Å². The van der Waals surface area contributed by atoms with Crippen LogP contribution in [0.2, 0.25) is 0 Å². The number of fused-ring (bicyclic) bond motifs is 1. The van der Waals surface area contributed by atoms with Crippen LogP contribution < -0.4 is 0 Å². The zero-order chi connectivity index (χ0) is 16.4. The van der Waals surface area contributed by atoms with E-state index in [2.05, 4.69) is 4.74 Å². The molecule has 2 aliphatic rings. The fourth-order valence-corrected chi connectivity index (χ4v) is 2.92. The van der Waals surface area contributed by atoms with Gasteiger partial charge in [-0.15, -0.1) is 0 Å². The van der Waals surface area contributed by atoms with Crippen molar-refractivity contribution in [1.82, 2.24) is 4.90 Å². The molecule has 0 aromatic carbocycles. The number of aliphatic carboxylic acids is 1. The molecule has 0 aromatic heterocycles. The van der Waals surface area contributed by atoms with Gasteiger partial charge in [0.15, 0.2) is 0 Å². The van der Waals surface area contributed by atoms with E-state index in [1.807, 2.05) is 0 Å². The fourth-order valence-electron chi connectivity index (χ4n) is 2.92. The average Bonchev–Trinajstić information content (AvgIpc) is 2.88. The number of ether oxygens (including phenoxy) is 2. The predicted molar refractivity (Wildman–Crippen MR) is 71.3 cm³/mol. The van der Waals surface area contributed by atoms with Crippen LogP contribution >= 0.6 is 0 Å². The number of methoxy groups -OCH3 is 1. The van der Waals surface area contributed by atoms with Crippen molar-refractivity contribution in [3.05, 3.63) is 11.3 Å². The molecule has 0 radical (unpaired) electrons. The van der Waals surface area contributed by atoms with E-state index in [1.165, 1.54) is 18.9 Å². The first kappa shape index (κ1) is 16.0. The lowest BCUT2D eigenvalue weighted by Crippen LogP contribution is -2.44. The van der Waals surface area contributed by atoms with Crippen molar-refractivity contribution < 1.29 is 33.8 Å². The molecule has 120 valence electrons. The number of carboxylic acid groups (broad SMARTS) is 1. The maximum Gasteiger partial charge on any atom is 0.336 e. The van der Waals surface area contributed by atoms with E-state index < -0.39 is 23.8 Å². The molecule has 2 rings (SSSR count).